The Hall–Kier alpha value is -5.00. The number of benzene rings is 4. The second kappa shape index (κ2) is 10.6. The van der Waals surface area contributed by atoms with Gasteiger partial charge in [-0.15, -0.1) is 0 Å². The van der Waals surface area contributed by atoms with Crippen LogP contribution in [-0.4, -0.2) is 11.8 Å². The molecule has 4 aromatic carbocycles. The summed E-state index contributed by atoms with van der Waals surface area (Å²) >= 11 is 0. The highest BCUT2D eigenvalue weighted by Crippen LogP contribution is 2.44. The van der Waals surface area contributed by atoms with Crippen molar-refractivity contribution in [2.75, 3.05) is 22.1 Å². The summed E-state index contributed by atoms with van der Waals surface area (Å²) in [4.78, 5) is 25.0. The molecule has 0 aromatic heterocycles. The molecule has 0 heterocycles. The molecule has 6 nitrogen and oxygen atoms in total. The summed E-state index contributed by atoms with van der Waals surface area (Å²) in [6.07, 6.45) is -9.99. The number of amides is 2. The minimum atomic E-state index is -5.04. The minimum absolute atomic E-state index is 0.0565. The first-order valence-electron chi connectivity index (χ1n) is 11.5. The van der Waals surface area contributed by atoms with Crippen LogP contribution < -0.4 is 22.1 Å². The molecule has 0 saturated heterocycles. The first-order chi connectivity index (χ1) is 18.7. The third-order valence-corrected chi connectivity index (χ3v) is 5.80. The molecule has 0 saturated carbocycles. The zero-order chi connectivity index (χ0) is 29.2. The average Bonchev–Trinajstić information content (AvgIpc) is 2.88. The van der Waals surface area contributed by atoms with E-state index in [1.54, 1.807) is 12.1 Å². The number of alkyl halides is 6. The van der Waals surface area contributed by atoms with Gasteiger partial charge in [0.2, 0.25) is 0 Å². The zero-order valence-corrected chi connectivity index (χ0v) is 20.3. The van der Waals surface area contributed by atoms with Crippen molar-refractivity contribution < 1.29 is 35.9 Å². The lowest BCUT2D eigenvalue weighted by atomic mass is 9.93. The van der Waals surface area contributed by atoms with E-state index in [0.29, 0.717) is 29.1 Å². The fourth-order valence-electron chi connectivity index (χ4n) is 3.87. The molecule has 0 aliphatic carbocycles. The first-order valence-corrected chi connectivity index (χ1v) is 11.5. The Kier molecular flexibility index (Phi) is 7.45. The largest absolute Gasteiger partial charge is 0.417 e. The van der Waals surface area contributed by atoms with Gasteiger partial charge >= 0.3 is 12.4 Å². The summed E-state index contributed by atoms with van der Waals surface area (Å²) in [5, 5.41) is 4.95. The third kappa shape index (κ3) is 6.34. The van der Waals surface area contributed by atoms with Crippen LogP contribution in [0.25, 0.3) is 11.1 Å². The molecule has 0 aliphatic rings. The molecule has 40 heavy (non-hydrogen) atoms. The van der Waals surface area contributed by atoms with Gasteiger partial charge in [0, 0.05) is 33.9 Å². The summed E-state index contributed by atoms with van der Waals surface area (Å²) < 4.78 is 82.4. The third-order valence-electron chi connectivity index (χ3n) is 5.80. The van der Waals surface area contributed by atoms with Crippen molar-refractivity contribution in [3.05, 3.63) is 107 Å². The Morgan fingerprint density at radius 2 is 0.925 bits per heavy atom. The zero-order valence-electron chi connectivity index (χ0n) is 20.3. The van der Waals surface area contributed by atoms with Crippen molar-refractivity contribution in [3.63, 3.8) is 0 Å². The van der Waals surface area contributed by atoms with Crippen LogP contribution >= 0.6 is 0 Å². The van der Waals surface area contributed by atoms with Crippen molar-refractivity contribution in [1.82, 2.24) is 0 Å². The van der Waals surface area contributed by atoms with E-state index in [1.807, 2.05) is 0 Å². The monoisotopic (exact) mass is 558 g/mol. The smallest absolute Gasteiger partial charge is 0.399 e. The van der Waals surface area contributed by atoms with E-state index >= 15 is 0 Å². The molecule has 6 N–H and O–H groups in total. The Balaban J connectivity index is 1.56. The van der Waals surface area contributed by atoms with Gasteiger partial charge in [-0.05, 0) is 83.9 Å². The number of halogens is 6. The molecule has 206 valence electrons. The Morgan fingerprint density at radius 3 is 1.45 bits per heavy atom. The number of anilines is 4. The lowest BCUT2D eigenvalue weighted by Gasteiger charge is -2.19. The number of carbonyl (C=O) groups excluding carboxylic acids is 2. The van der Waals surface area contributed by atoms with E-state index in [9.17, 15) is 35.9 Å². The van der Waals surface area contributed by atoms with Crippen LogP contribution in [0.15, 0.2) is 84.9 Å². The molecule has 0 unspecified atom stereocenters. The lowest BCUT2D eigenvalue weighted by Crippen LogP contribution is -2.15. The van der Waals surface area contributed by atoms with Gasteiger partial charge in [0.05, 0.1) is 11.1 Å². The molecule has 0 spiro atoms. The highest BCUT2D eigenvalue weighted by Gasteiger charge is 2.38. The van der Waals surface area contributed by atoms with Crippen molar-refractivity contribution in [3.8, 4) is 11.1 Å². The summed E-state index contributed by atoms with van der Waals surface area (Å²) in [7, 11) is 0. The molecule has 0 atom stereocenters. The fraction of sp³-hybridized carbons (Fsp3) is 0.0714. The number of nitrogen functional groups attached to an aromatic ring is 2. The Labute approximate surface area is 223 Å². The van der Waals surface area contributed by atoms with Gasteiger partial charge < -0.3 is 22.1 Å². The van der Waals surface area contributed by atoms with Crippen LogP contribution in [0.4, 0.5) is 49.1 Å². The maximum atomic E-state index is 13.9. The summed E-state index contributed by atoms with van der Waals surface area (Å²) in [5.74, 6) is -1.20. The van der Waals surface area contributed by atoms with Crippen molar-refractivity contribution >= 4 is 34.6 Å². The number of hydrogen-bond donors (Lipinski definition) is 4. The number of rotatable bonds is 5. The van der Waals surface area contributed by atoms with Crippen LogP contribution in [-0.2, 0) is 12.4 Å². The molecule has 0 radical (unpaired) electrons. The van der Waals surface area contributed by atoms with Gasteiger partial charge in [-0.25, -0.2) is 0 Å². The quantitative estimate of drug-likeness (QED) is 0.155. The van der Waals surface area contributed by atoms with Gasteiger partial charge in [0.15, 0.2) is 0 Å². The van der Waals surface area contributed by atoms with Crippen molar-refractivity contribution in [2.24, 2.45) is 0 Å². The number of nitrogens with one attached hydrogen (secondary N) is 2. The molecule has 0 aliphatic heterocycles. The number of nitrogens with two attached hydrogens (primary N) is 2. The van der Waals surface area contributed by atoms with E-state index in [2.05, 4.69) is 10.6 Å². The highest BCUT2D eigenvalue weighted by atomic mass is 19.4. The van der Waals surface area contributed by atoms with Crippen LogP contribution in [0.3, 0.4) is 0 Å². The maximum absolute atomic E-state index is 13.9. The van der Waals surface area contributed by atoms with Gasteiger partial charge in [-0.3, -0.25) is 9.59 Å². The predicted molar refractivity (Wildman–Crippen MR) is 139 cm³/mol. The summed E-state index contributed by atoms with van der Waals surface area (Å²) in [6.45, 7) is 0. The van der Waals surface area contributed by atoms with E-state index in [0.717, 1.165) is 24.3 Å². The van der Waals surface area contributed by atoms with E-state index in [-0.39, 0.29) is 16.9 Å². The Morgan fingerprint density at radius 1 is 0.525 bits per heavy atom. The highest BCUT2D eigenvalue weighted by molar-refractivity contribution is 6.06. The van der Waals surface area contributed by atoms with Gasteiger partial charge in [0.25, 0.3) is 11.8 Å². The number of carbonyl (C=O) groups is 2. The van der Waals surface area contributed by atoms with Crippen LogP contribution in [0.5, 0.6) is 0 Å². The number of hydrogen-bond acceptors (Lipinski definition) is 4. The van der Waals surface area contributed by atoms with E-state index in [1.165, 1.54) is 36.4 Å². The van der Waals surface area contributed by atoms with Crippen molar-refractivity contribution in [2.45, 2.75) is 12.4 Å². The van der Waals surface area contributed by atoms with E-state index < -0.39 is 46.4 Å². The second-order valence-corrected chi connectivity index (χ2v) is 8.67. The van der Waals surface area contributed by atoms with Gasteiger partial charge in [0.1, 0.15) is 0 Å². The first kappa shape index (κ1) is 28.0. The van der Waals surface area contributed by atoms with Crippen LogP contribution in [0, 0.1) is 0 Å². The van der Waals surface area contributed by atoms with Crippen molar-refractivity contribution in [1.29, 1.82) is 0 Å². The minimum Gasteiger partial charge on any atom is -0.399 e. The molecule has 2 amide bonds. The Bertz CT molecular complexity index is 1560. The molecular formula is C28H20F6N4O2. The predicted octanol–water partition coefficient (Wildman–Crippen LogP) is 7.06. The molecule has 12 heteroatoms. The molecule has 4 rings (SSSR count). The molecule has 4 aromatic rings. The SMILES string of the molecule is Nc1ccc(C(=O)Nc2ccc(C(=O)Nc3ccc(-c4ccc(N)cc4C(F)(F)F)c(C(F)(F)F)c3)cc2)cc1. The fourth-order valence-corrected chi connectivity index (χ4v) is 3.87. The second-order valence-electron chi connectivity index (χ2n) is 8.67. The van der Waals surface area contributed by atoms with Gasteiger partial charge in [-0.1, -0.05) is 12.1 Å². The lowest BCUT2D eigenvalue weighted by molar-refractivity contribution is -0.139. The topological polar surface area (TPSA) is 110 Å². The van der Waals surface area contributed by atoms with Crippen LogP contribution in [0.2, 0.25) is 0 Å². The summed E-state index contributed by atoms with van der Waals surface area (Å²) in [5.41, 5.74) is 7.60. The maximum Gasteiger partial charge on any atom is 0.417 e. The average molecular weight is 558 g/mol. The van der Waals surface area contributed by atoms with Crippen LogP contribution in [0.1, 0.15) is 31.8 Å². The molecular weight excluding hydrogens is 538 g/mol. The van der Waals surface area contributed by atoms with E-state index in [4.69, 9.17) is 11.5 Å². The normalized spacial score (nSPS) is 11.7. The standard InChI is InChI=1S/C28H20F6N4O2/c29-27(30,31)23-13-18(36)7-11-21(23)22-12-10-20(14-24(22)28(32,33)34)38-26(40)16-3-8-19(9-4-16)37-25(39)15-1-5-17(35)6-2-15/h1-14H,35-36H2,(H,37,39)(H,38,40). The molecule has 0 bridgehead atoms. The van der Waals surface area contributed by atoms with Gasteiger partial charge in [-0.2, -0.15) is 26.3 Å². The summed E-state index contributed by atoms with van der Waals surface area (Å²) in [6, 6.07) is 16.7. The molecule has 0 fully saturated rings.